The Morgan fingerprint density at radius 1 is 1.31 bits per heavy atom. The van der Waals surface area contributed by atoms with Gasteiger partial charge in [0.05, 0.1) is 0 Å². The number of carbonyl (C=O) groups excluding carboxylic acids is 1. The first-order valence-corrected chi connectivity index (χ1v) is 5.70. The zero-order chi connectivity index (χ0) is 12.2. The van der Waals surface area contributed by atoms with Gasteiger partial charge in [-0.3, -0.25) is 4.79 Å². The van der Waals surface area contributed by atoms with Crippen LogP contribution in [0.25, 0.3) is 0 Å². The fourth-order valence-corrected chi connectivity index (χ4v) is 1.72. The third-order valence-electron chi connectivity index (χ3n) is 2.84. The minimum atomic E-state index is -0.388. The van der Waals surface area contributed by atoms with Gasteiger partial charge in [-0.05, 0) is 25.8 Å². The normalized spacial score (nSPS) is 14.2. The number of hydrogen-bond acceptors (Lipinski definition) is 2. The molecule has 0 aliphatic carbocycles. The molecule has 0 N–H and O–H groups in total. The second kappa shape index (κ2) is 5.15. The Morgan fingerprint density at radius 2 is 1.88 bits per heavy atom. The number of carbonyl (C=O) groups is 1. The second-order valence-corrected chi connectivity index (χ2v) is 4.56. The van der Waals surface area contributed by atoms with Crippen LogP contribution in [0.5, 0.6) is 0 Å². The molecule has 2 heteroatoms. The maximum atomic E-state index is 11.0. The fourth-order valence-electron chi connectivity index (χ4n) is 1.72. The molecule has 0 bridgehead atoms. The summed E-state index contributed by atoms with van der Waals surface area (Å²) in [7, 11) is 0. The SMILES string of the molecule is CCC(C)(Cc1ccc(C)cc1)OC(C)=O. The first kappa shape index (κ1) is 12.8. The third-order valence-corrected chi connectivity index (χ3v) is 2.84. The molecule has 0 spiro atoms. The van der Waals surface area contributed by atoms with E-state index in [-0.39, 0.29) is 11.6 Å². The number of rotatable bonds is 4. The van der Waals surface area contributed by atoms with Crippen LogP contribution in [0.1, 0.15) is 38.3 Å². The molecule has 0 aromatic heterocycles. The van der Waals surface area contributed by atoms with Gasteiger partial charge in [0.2, 0.25) is 0 Å². The monoisotopic (exact) mass is 220 g/mol. The van der Waals surface area contributed by atoms with Crippen LogP contribution < -0.4 is 0 Å². The van der Waals surface area contributed by atoms with E-state index >= 15 is 0 Å². The van der Waals surface area contributed by atoms with E-state index in [9.17, 15) is 4.79 Å². The molecule has 16 heavy (non-hydrogen) atoms. The van der Waals surface area contributed by atoms with Crippen molar-refractivity contribution >= 4 is 5.97 Å². The lowest BCUT2D eigenvalue weighted by molar-refractivity contribution is -0.155. The van der Waals surface area contributed by atoms with Gasteiger partial charge in [0.15, 0.2) is 0 Å². The van der Waals surface area contributed by atoms with Crippen molar-refractivity contribution in [2.24, 2.45) is 0 Å². The molecular formula is C14H20O2. The lowest BCUT2D eigenvalue weighted by atomic mass is 9.93. The van der Waals surface area contributed by atoms with E-state index in [2.05, 4.69) is 31.2 Å². The Hall–Kier alpha value is -1.31. The van der Waals surface area contributed by atoms with Gasteiger partial charge < -0.3 is 4.74 Å². The highest BCUT2D eigenvalue weighted by atomic mass is 16.6. The summed E-state index contributed by atoms with van der Waals surface area (Å²) < 4.78 is 5.38. The van der Waals surface area contributed by atoms with Gasteiger partial charge in [-0.1, -0.05) is 36.8 Å². The molecule has 2 nitrogen and oxygen atoms in total. The van der Waals surface area contributed by atoms with Gasteiger partial charge in [0.25, 0.3) is 0 Å². The van der Waals surface area contributed by atoms with Crippen molar-refractivity contribution in [3.05, 3.63) is 35.4 Å². The molecule has 0 saturated carbocycles. The highest BCUT2D eigenvalue weighted by molar-refractivity contribution is 5.66. The minimum Gasteiger partial charge on any atom is -0.459 e. The fraction of sp³-hybridized carbons (Fsp3) is 0.500. The van der Waals surface area contributed by atoms with Crippen molar-refractivity contribution in [3.63, 3.8) is 0 Å². The van der Waals surface area contributed by atoms with Crippen LogP contribution in [0, 0.1) is 6.92 Å². The van der Waals surface area contributed by atoms with E-state index in [1.54, 1.807) is 0 Å². The maximum Gasteiger partial charge on any atom is 0.303 e. The van der Waals surface area contributed by atoms with Crippen molar-refractivity contribution in [2.45, 2.75) is 46.1 Å². The Balaban J connectivity index is 2.76. The molecule has 0 aliphatic heterocycles. The minimum absolute atomic E-state index is 0.212. The first-order valence-electron chi connectivity index (χ1n) is 5.70. The number of aryl methyl sites for hydroxylation is 1. The molecule has 1 unspecified atom stereocenters. The maximum absolute atomic E-state index is 11.0. The highest BCUT2D eigenvalue weighted by Crippen LogP contribution is 2.21. The summed E-state index contributed by atoms with van der Waals surface area (Å²) in [6.45, 7) is 7.54. The predicted molar refractivity (Wildman–Crippen MR) is 65.3 cm³/mol. The number of benzene rings is 1. The molecular weight excluding hydrogens is 200 g/mol. The van der Waals surface area contributed by atoms with Crippen molar-refractivity contribution in [3.8, 4) is 0 Å². The van der Waals surface area contributed by atoms with E-state index in [1.165, 1.54) is 18.1 Å². The largest absolute Gasteiger partial charge is 0.459 e. The van der Waals surface area contributed by atoms with E-state index in [0.29, 0.717) is 0 Å². The summed E-state index contributed by atoms with van der Waals surface area (Å²) in [6.07, 6.45) is 1.59. The van der Waals surface area contributed by atoms with Gasteiger partial charge in [0.1, 0.15) is 5.60 Å². The summed E-state index contributed by atoms with van der Waals surface area (Å²) >= 11 is 0. The smallest absolute Gasteiger partial charge is 0.303 e. The van der Waals surface area contributed by atoms with E-state index in [1.807, 2.05) is 13.8 Å². The van der Waals surface area contributed by atoms with Gasteiger partial charge >= 0.3 is 5.97 Å². The lowest BCUT2D eigenvalue weighted by Gasteiger charge is -2.28. The zero-order valence-electron chi connectivity index (χ0n) is 10.5. The summed E-state index contributed by atoms with van der Waals surface area (Å²) in [4.78, 5) is 11.0. The predicted octanol–water partition coefficient (Wildman–Crippen LogP) is 3.27. The van der Waals surface area contributed by atoms with Crippen LogP contribution >= 0.6 is 0 Å². The van der Waals surface area contributed by atoms with Crippen molar-refractivity contribution in [1.29, 1.82) is 0 Å². The quantitative estimate of drug-likeness (QED) is 0.728. The van der Waals surface area contributed by atoms with Gasteiger partial charge in [0, 0.05) is 13.3 Å². The van der Waals surface area contributed by atoms with E-state index in [4.69, 9.17) is 4.74 Å². The van der Waals surface area contributed by atoms with Gasteiger partial charge in [-0.2, -0.15) is 0 Å². The van der Waals surface area contributed by atoms with Crippen LogP contribution in [0.3, 0.4) is 0 Å². The Labute approximate surface area is 97.6 Å². The second-order valence-electron chi connectivity index (χ2n) is 4.56. The van der Waals surface area contributed by atoms with Crippen molar-refractivity contribution in [2.75, 3.05) is 0 Å². The average Bonchev–Trinajstić information content (AvgIpc) is 2.20. The van der Waals surface area contributed by atoms with E-state index in [0.717, 1.165) is 12.8 Å². The zero-order valence-corrected chi connectivity index (χ0v) is 10.5. The molecule has 1 rings (SSSR count). The van der Waals surface area contributed by atoms with Crippen LogP contribution in [-0.2, 0) is 16.0 Å². The molecule has 1 aromatic rings. The standard InChI is InChI=1S/C14H20O2/c1-5-14(4,16-12(3)15)10-13-8-6-11(2)7-9-13/h6-9H,5,10H2,1-4H3. The van der Waals surface area contributed by atoms with Crippen LogP contribution in [0.2, 0.25) is 0 Å². The number of esters is 1. The first-order chi connectivity index (χ1) is 7.45. The topological polar surface area (TPSA) is 26.3 Å². The van der Waals surface area contributed by atoms with Crippen molar-refractivity contribution < 1.29 is 9.53 Å². The van der Waals surface area contributed by atoms with Crippen LogP contribution in [-0.4, -0.2) is 11.6 Å². The molecule has 88 valence electrons. The van der Waals surface area contributed by atoms with Crippen LogP contribution in [0.15, 0.2) is 24.3 Å². The lowest BCUT2D eigenvalue weighted by Crippen LogP contribution is -2.32. The molecule has 0 saturated heterocycles. The molecule has 0 radical (unpaired) electrons. The van der Waals surface area contributed by atoms with Crippen LogP contribution in [0.4, 0.5) is 0 Å². The summed E-state index contributed by atoms with van der Waals surface area (Å²) in [6, 6.07) is 8.35. The number of hydrogen-bond donors (Lipinski definition) is 0. The Morgan fingerprint density at radius 3 is 2.31 bits per heavy atom. The molecule has 0 amide bonds. The molecule has 1 atom stereocenters. The van der Waals surface area contributed by atoms with Gasteiger partial charge in [-0.15, -0.1) is 0 Å². The third kappa shape index (κ3) is 3.69. The molecule has 0 aliphatic rings. The summed E-state index contributed by atoms with van der Waals surface area (Å²) in [5, 5.41) is 0. The Bertz CT molecular complexity index is 354. The van der Waals surface area contributed by atoms with Crippen molar-refractivity contribution in [1.82, 2.24) is 0 Å². The molecule has 0 heterocycles. The molecule has 1 aromatic carbocycles. The number of ether oxygens (including phenoxy) is 1. The Kier molecular flexibility index (Phi) is 4.11. The molecule has 0 fully saturated rings. The highest BCUT2D eigenvalue weighted by Gasteiger charge is 2.25. The summed E-state index contributed by atoms with van der Waals surface area (Å²) in [5.41, 5.74) is 2.06. The average molecular weight is 220 g/mol. The van der Waals surface area contributed by atoms with E-state index < -0.39 is 0 Å². The van der Waals surface area contributed by atoms with Gasteiger partial charge in [-0.25, -0.2) is 0 Å². The summed E-state index contributed by atoms with van der Waals surface area (Å²) in [5.74, 6) is -0.212.